The normalized spacial score (nSPS) is 14.1. The van der Waals surface area contributed by atoms with Gasteiger partial charge in [-0.3, -0.25) is 14.8 Å². The summed E-state index contributed by atoms with van der Waals surface area (Å²) in [7, 11) is 1.65. The predicted molar refractivity (Wildman–Crippen MR) is 157 cm³/mol. The van der Waals surface area contributed by atoms with Crippen molar-refractivity contribution < 1.29 is 9.53 Å². The number of amides is 1. The highest BCUT2D eigenvalue weighted by Gasteiger charge is 2.25. The lowest BCUT2D eigenvalue weighted by molar-refractivity contribution is -0.114. The Morgan fingerprint density at radius 3 is 2.44 bits per heavy atom. The molecule has 3 aromatic rings. The Morgan fingerprint density at radius 1 is 1.13 bits per heavy atom. The summed E-state index contributed by atoms with van der Waals surface area (Å²) in [5.41, 5.74) is 1.69. The molecular weight excluding hydrogens is 514 g/mol. The first-order valence-electron chi connectivity index (χ1n) is 13.4. The maximum atomic E-state index is 11.4. The van der Waals surface area contributed by atoms with Gasteiger partial charge in [-0.15, -0.1) is 0 Å². The number of ether oxygens (including phenoxy) is 1. The average Bonchev–Trinajstić information content (AvgIpc) is 3.34. The van der Waals surface area contributed by atoms with Gasteiger partial charge in [-0.25, -0.2) is 9.97 Å². The molecule has 3 N–H and O–H groups in total. The number of carbonyl (C=O) groups excluding carboxylic acids is 1. The molecule has 1 saturated heterocycles. The van der Waals surface area contributed by atoms with Crippen molar-refractivity contribution in [2.75, 3.05) is 75.0 Å². The van der Waals surface area contributed by atoms with Crippen LogP contribution in [-0.4, -0.2) is 95.3 Å². The zero-order chi connectivity index (χ0) is 27.8. The summed E-state index contributed by atoms with van der Waals surface area (Å²) in [6.45, 7) is 15.8. The molecular formula is C27H39N9O2S. The number of benzene rings is 1. The van der Waals surface area contributed by atoms with Gasteiger partial charge < -0.3 is 25.2 Å². The van der Waals surface area contributed by atoms with E-state index in [9.17, 15) is 4.79 Å². The molecule has 1 fully saturated rings. The second kappa shape index (κ2) is 13.6. The number of likely N-dealkylation sites (N-methyl/N-ethyl adjacent to an activating group) is 1. The highest BCUT2D eigenvalue weighted by Crippen LogP contribution is 2.38. The number of rotatable bonds is 12. The number of aromatic amines is 1. The van der Waals surface area contributed by atoms with Crippen LogP contribution < -0.4 is 20.3 Å². The fraction of sp³-hybridized carbons (Fsp3) is 0.481. The number of nitrogens with zero attached hydrogens (tertiary/aromatic N) is 6. The van der Waals surface area contributed by atoms with E-state index >= 15 is 0 Å². The molecule has 3 heterocycles. The van der Waals surface area contributed by atoms with Gasteiger partial charge in [-0.2, -0.15) is 5.10 Å². The Kier molecular flexibility index (Phi) is 10.0. The number of piperazine rings is 1. The van der Waals surface area contributed by atoms with Gasteiger partial charge >= 0.3 is 0 Å². The lowest BCUT2D eigenvalue weighted by Gasteiger charge is -2.36. The maximum Gasteiger partial charge on any atom is 0.221 e. The number of carbonyl (C=O) groups is 1. The van der Waals surface area contributed by atoms with Gasteiger partial charge in [0.25, 0.3) is 0 Å². The van der Waals surface area contributed by atoms with Crippen molar-refractivity contribution in [3.8, 4) is 5.75 Å². The number of nitrogens with one attached hydrogen (secondary N) is 3. The Morgan fingerprint density at radius 2 is 1.85 bits per heavy atom. The summed E-state index contributed by atoms with van der Waals surface area (Å²) in [6.07, 6.45) is 0. The van der Waals surface area contributed by atoms with Gasteiger partial charge in [0.15, 0.2) is 22.6 Å². The van der Waals surface area contributed by atoms with E-state index in [1.807, 2.05) is 37.3 Å². The van der Waals surface area contributed by atoms with Gasteiger partial charge in [0.2, 0.25) is 11.7 Å². The molecule has 11 nitrogen and oxygen atoms in total. The molecule has 0 aliphatic carbocycles. The number of anilines is 4. The van der Waals surface area contributed by atoms with Crippen molar-refractivity contribution in [1.29, 1.82) is 0 Å². The topological polar surface area (TPSA) is 115 Å². The van der Waals surface area contributed by atoms with Gasteiger partial charge in [0.1, 0.15) is 0 Å². The monoisotopic (exact) mass is 553 g/mol. The Hall–Kier alpha value is -3.35. The van der Waals surface area contributed by atoms with Crippen LogP contribution in [0.15, 0.2) is 40.4 Å². The highest BCUT2D eigenvalue weighted by atomic mass is 32.2. The predicted octanol–water partition coefficient (Wildman–Crippen LogP) is 3.83. The highest BCUT2D eigenvalue weighted by molar-refractivity contribution is 7.99. The standard InChI is InChI=1S/C27H39N9O2S/c1-6-34(7-2)12-13-35-14-16-36(17-15-35)26-24(38-5)25(29-23-18-19(3)32-33-23)30-27(31-26)39-22-10-8-21(9-11-22)28-20(4)37/h8-11,18H,6-7,12-17H2,1-5H3,(H,28,37)(H2,29,30,31,32,33). The minimum atomic E-state index is -0.101. The van der Waals surface area contributed by atoms with Crippen LogP contribution >= 0.6 is 11.8 Å². The van der Waals surface area contributed by atoms with E-state index in [1.54, 1.807) is 7.11 Å². The summed E-state index contributed by atoms with van der Waals surface area (Å²) in [5.74, 6) is 2.49. The van der Waals surface area contributed by atoms with E-state index < -0.39 is 0 Å². The summed E-state index contributed by atoms with van der Waals surface area (Å²) >= 11 is 1.46. The number of hydrogen-bond donors (Lipinski definition) is 3. The minimum Gasteiger partial charge on any atom is -0.490 e. The molecule has 0 unspecified atom stereocenters. The van der Waals surface area contributed by atoms with Crippen molar-refractivity contribution in [3.05, 3.63) is 36.0 Å². The van der Waals surface area contributed by atoms with Crippen LogP contribution in [0.5, 0.6) is 5.75 Å². The van der Waals surface area contributed by atoms with Crippen LogP contribution in [0.2, 0.25) is 0 Å². The minimum absolute atomic E-state index is 0.101. The molecule has 1 aromatic carbocycles. The zero-order valence-corrected chi connectivity index (χ0v) is 24.3. The molecule has 39 heavy (non-hydrogen) atoms. The first-order chi connectivity index (χ1) is 18.9. The van der Waals surface area contributed by atoms with Gasteiger partial charge in [0.05, 0.1) is 7.11 Å². The first kappa shape index (κ1) is 28.7. The van der Waals surface area contributed by atoms with Crippen molar-refractivity contribution in [1.82, 2.24) is 30.0 Å². The molecule has 0 atom stereocenters. The van der Waals surface area contributed by atoms with E-state index in [2.05, 4.69) is 49.4 Å². The molecule has 1 aliphatic rings. The van der Waals surface area contributed by atoms with Crippen molar-refractivity contribution in [3.63, 3.8) is 0 Å². The smallest absolute Gasteiger partial charge is 0.221 e. The Labute approximate surface area is 234 Å². The number of H-pyrrole nitrogens is 1. The third-order valence-corrected chi connectivity index (χ3v) is 7.54. The SMILES string of the molecule is CCN(CC)CCN1CCN(c2nc(Sc3ccc(NC(C)=O)cc3)nc(Nc3cc(C)[nH]n3)c2OC)CC1. The van der Waals surface area contributed by atoms with Crippen LogP contribution in [0.25, 0.3) is 0 Å². The molecule has 2 aromatic heterocycles. The Balaban J connectivity index is 1.56. The quantitative estimate of drug-likeness (QED) is 0.286. The van der Waals surface area contributed by atoms with Crippen LogP contribution in [0, 0.1) is 6.92 Å². The molecule has 4 rings (SSSR count). The molecule has 0 radical (unpaired) electrons. The number of aromatic nitrogens is 4. The van der Waals surface area contributed by atoms with Crippen LogP contribution in [0.1, 0.15) is 26.5 Å². The lowest BCUT2D eigenvalue weighted by atomic mass is 10.3. The maximum absolute atomic E-state index is 11.4. The number of methoxy groups -OCH3 is 1. The molecule has 12 heteroatoms. The van der Waals surface area contributed by atoms with Crippen LogP contribution in [-0.2, 0) is 4.79 Å². The van der Waals surface area contributed by atoms with E-state index in [0.29, 0.717) is 22.5 Å². The average molecular weight is 554 g/mol. The van der Waals surface area contributed by atoms with Crippen molar-refractivity contribution in [2.24, 2.45) is 0 Å². The van der Waals surface area contributed by atoms with Crippen molar-refractivity contribution >= 4 is 40.8 Å². The molecule has 0 spiro atoms. The molecule has 1 amide bonds. The third-order valence-electron chi connectivity index (χ3n) is 6.67. The summed E-state index contributed by atoms with van der Waals surface area (Å²) < 4.78 is 5.86. The van der Waals surface area contributed by atoms with Gasteiger partial charge in [-0.05, 0) is 56.0 Å². The van der Waals surface area contributed by atoms with Crippen LogP contribution in [0.3, 0.4) is 0 Å². The molecule has 210 valence electrons. The van der Waals surface area contributed by atoms with Crippen molar-refractivity contribution in [2.45, 2.75) is 37.7 Å². The molecule has 0 bridgehead atoms. The second-order valence-electron chi connectivity index (χ2n) is 9.44. The van der Waals surface area contributed by atoms with Crippen LogP contribution in [0.4, 0.5) is 23.1 Å². The van der Waals surface area contributed by atoms with E-state index in [4.69, 9.17) is 14.7 Å². The largest absolute Gasteiger partial charge is 0.490 e. The summed E-state index contributed by atoms with van der Waals surface area (Å²) in [5, 5.41) is 14.0. The van der Waals surface area contributed by atoms with E-state index in [-0.39, 0.29) is 5.91 Å². The lowest BCUT2D eigenvalue weighted by Crippen LogP contribution is -2.48. The second-order valence-corrected chi connectivity index (χ2v) is 10.5. The fourth-order valence-electron chi connectivity index (χ4n) is 4.48. The fourth-order valence-corrected chi connectivity index (χ4v) is 5.23. The third kappa shape index (κ3) is 7.84. The summed E-state index contributed by atoms with van der Waals surface area (Å²) in [4.78, 5) is 29.3. The Bertz CT molecular complexity index is 1220. The zero-order valence-electron chi connectivity index (χ0n) is 23.5. The molecule has 1 aliphatic heterocycles. The van der Waals surface area contributed by atoms with Gasteiger partial charge in [0, 0.05) is 68.5 Å². The first-order valence-corrected chi connectivity index (χ1v) is 14.2. The van der Waals surface area contributed by atoms with E-state index in [1.165, 1.54) is 18.7 Å². The molecule has 0 saturated carbocycles. The number of aryl methyl sites for hydroxylation is 1. The van der Waals surface area contributed by atoms with E-state index in [0.717, 1.165) is 74.5 Å². The number of hydrogen-bond acceptors (Lipinski definition) is 10. The summed E-state index contributed by atoms with van der Waals surface area (Å²) in [6, 6.07) is 9.56. The van der Waals surface area contributed by atoms with Gasteiger partial charge in [-0.1, -0.05) is 13.8 Å².